The van der Waals surface area contributed by atoms with Crippen LogP contribution in [0.1, 0.15) is 73.2 Å². The smallest absolute Gasteiger partial charge is 0.254 e. The van der Waals surface area contributed by atoms with E-state index < -0.39 is 17.7 Å². The first-order valence-corrected chi connectivity index (χ1v) is 30.6. The molecular weight excluding hydrogens is 1250 g/mol. The average Bonchev–Trinajstić information content (AvgIpc) is 1.60. The van der Waals surface area contributed by atoms with Crippen molar-refractivity contribution in [3.8, 4) is 68.3 Å². The molecule has 12 rings (SSSR count). The lowest BCUT2D eigenvalue weighted by molar-refractivity contribution is -0.134. The molecule has 3 aromatic carbocycles. The average molecular weight is 1330 g/mol. The van der Waals surface area contributed by atoms with Crippen LogP contribution in [0.5, 0.6) is 34.5 Å². The number of carbonyl (C=O) groups is 6. The van der Waals surface area contributed by atoms with Crippen LogP contribution in [-0.2, 0) is 14.4 Å². The summed E-state index contributed by atoms with van der Waals surface area (Å²) in [6.07, 6.45) is 5.66. The number of amides is 6. The van der Waals surface area contributed by atoms with Crippen molar-refractivity contribution in [1.29, 1.82) is 0 Å². The number of likely N-dealkylation sites (tertiary alicyclic amines) is 3. The largest absolute Gasteiger partial charge is 0.496 e. The van der Waals surface area contributed by atoms with Gasteiger partial charge in [0.05, 0.1) is 60.8 Å². The number of benzene rings is 3. The normalized spacial score (nSPS) is 18.4. The Labute approximate surface area is 539 Å². The number of ether oxygens (including phenoxy) is 6. The number of carbonyl (C=O) groups excluding carboxylic acids is 6. The molecule has 0 aliphatic carbocycles. The molecule has 0 saturated carbocycles. The van der Waals surface area contributed by atoms with E-state index in [1.165, 1.54) is 18.2 Å². The topological polar surface area (TPSA) is 335 Å². The Morgan fingerprint density at radius 2 is 0.761 bits per heavy atom. The van der Waals surface area contributed by atoms with Crippen LogP contribution in [0.3, 0.4) is 0 Å². The lowest BCUT2D eigenvalue weighted by Gasteiger charge is -2.44. The second-order valence-electron chi connectivity index (χ2n) is 23.0. The van der Waals surface area contributed by atoms with Crippen LogP contribution in [0.4, 0.5) is 17.5 Å². The zero-order chi connectivity index (χ0) is 66.1. The number of halogens is 1. The van der Waals surface area contributed by atoms with Gasteiger partial charge in [0, 0.05) is 104 Å². The Bertz CT molecular complexity index is 3710. The maximum absolute atomic E-state index is 12.4. The first kappa shape index (κ1) is 65.0. The molecule has 6 amide bonds. The molecule has 92 heavy (non-hydrogen) atoms. The van der Waals surface area contributed by atoms with Crippen LogP contribution >= 0.6 is 15.9 Å². The van der Waals surface area contributed by atoms with E-state index >= 15 is 0 Å². The predicted octanol–water partition coefficient (Wildman–Crippen LogP) is 5.99. The van der Waals surface area contributed by atoms with Crippen LogP contribution < -0.4 is 61.6 Å². The van der Waals surface area contributed by atoms with Crippen molar-refractivity contribution in [3.05, 3.63) is 107 Å². The van der Waals surface area contributed by atoms with E-state index in [0.29, 0.717) is 166 Å². The van der Waals surface area contributed by atoms with Crippen molar-refractivity contribution in [2.24, 2.45) is 35.0 Å². The van der Waals surface area contributed by atoms with E-state index in [1.807, 2.05) is 47.5 Å². The number of hydrogen-bond donors (Lipinski definition) is 6. The van der Waals surface area contributed by atoms with Gasteiger partial charge in [0.2, 0.25) is 17.7 Å². The van der Waals surface area contributed by atoms with Gasteiger partial charge < -0.3 is 76.3 Å². The zero-order valence-electron chi connectivity index (χ0n) is 52.6. The molecule has 6 aromatic rings. The van der Waals surface area contributed by atoms with Gasteiger partial charge in [-0.05, 0) is 97.2 Å². The number of nitrogens with one attached hydrogen (secondary N) is 3. The van der Waals surface area contributed by atoms with Crippen molar-refractivity contribution in [2.75, 3.05) is 118 Å². The first-order valence-electron chi connectivity index (χ1n) is 29.8. The first-order chi connectivity index (χ1) is 44.2. The van der Waals surface area contributed by atoms with E-state index in [4.69, 9.17) is 60.9 Å². The SMILES string of the molecule is C=CC(=O)N1CC(C2CCNc3c(C(N)=O)c(-c4cc(OC)c(Br)c(OC)c4)nn32)C1.C=CC(=O)N1CC(C2CCNc3c(C(N)=O)c(-c4cc(OC)c(C)c(OC)c4)nn32)C1.C=CC(=O)N1CC2CNc3c(C(N)=O)c(-c4cc(OC)c(C)c(OC)c4)nn3C2C1. The van der Waals surface area contributed by atoms with Gasteiger partial charge in [0.25, 0.3) is 17.7 Å². The Morgan fingerprint density at radius 3 is 1.08 bits per heavy atom. The molecular formula is C64H76BrN15O12. The van der Waals surface area contributed by atoms with Crippen LogP contribution in [0.15, 0.2) is 78.8 Å². The van der Waals surface area contributed by atoms with Gasteiger partial charge in [-0.2, -0.15) is 15.3 Å². The fraction of sp³-hybridized carbons (Fsp3) is 0.391. The van der Waals surface area contributed by atoms with Gasteiger partial charge in [0.15, 0.2) is 0 Å². The number of rotatable bonds is 17. The molecule has 9 heterocycles. The molecule has 4 atom stereocenters. The summed E-state index contributed by atoms with van der Waals surface area (Å²) in [6.45, 7) is 20.1. The number of primary amides is 3. The molecule has 6 aliphatic heterocycles. The minimum absolute atomic E-state index is 0.0498. The summed E-state index contributed by atoms with van der Waals surface area (Å²) in [5, 5.41) is 24.2. The maximum Gasteiger partial charge on any atom is 0.254 e. The standard InChI is InChI=1S/C22H27N5O4.C21H24BrN5O4.C21H25N5O4/c1-5-18(28)26-10-14(11-26)15-6-7-24-22-19(21(23)29)20(25-27(15)22)13-8-16(30-3)12(2)17(9-13)31-4;1-4-16(28)26-9-12(10-26)13-5-6-24-21-17(20(23)29)19(25-27(13)21)11-7-14(30-2)18(22)15(8-11)31-3;1-5-17(27)25-9-13-8-23-21-18(20(22)28)19(24-26(21)14(13)10-25)12-6-15(29-3)11(2)16(7-12)30-4/h5,8-9,14-15,24H,1,6-7,10-11H2,2-4H3,(H2,23,29);4,7-8,12-13,24H,1,5-6,9-10H2,2-3H3,(H2,23,29);5-7,13-14,23H,1,8-10H2,2-4H3,(H2,22,28). The highest BCUT2D eigenvalue weighted by Crippen LogP contribution is 2.46. The minimum Gasteiger partial charge on any atom is -0.496 e. The highest BCUT2D eigenvalue weighted by atomic mass is 79.9. The number of hydrogen-bond acceptors (Lipinski definition) is 18. The zero-order valence-corrected chi connectivity index (χ0v) is 54.2. The molecule has 3 aromatic heterocycles. The predicted molar refractivity (Wildman–Crippen MR) is 348 cm³/mol. The van der Waals surface area contributed by atoms with Crippen molar-refractivity contribution in [2.45, 2.75) is 44.8 Å². The number of anilines is 3. The van der Waals surface area contributed by atoms with Gasteiger partial charge in [-0.3, -0.25) is 28.8 Å². The lowest BCUT2D eigenvalue weighted by Crippen LogP contribution is -2.53. The van der Waals surface area contributed by atoms with E-state index in [-0.39, 0.29) is 53.6 Å². The minimum atomic E-state index is -0.576. The Kier molecular flexibility index (Phi) is 19.0. The van der Waals surface area contributed by atoms with Crippen molar-refractivity contribution in [3.63, 3.8) is 0 Å². The monoisotopic (exact) mass is 1330 g/mol. The summed E-state index contributed by atoms with van der Waals surface area (Å²) < 4.78 is 39.0. The number of nitrogens with zero attached hydrogens (tertiary/aromatic N) is 9. The summed E-state index contributed by atoms with van der Waals surface area (Å²) in [5.41, 5.74) is 23.4. The van der Waals surface area contributed by atoms with E-state index in [1.54, 1.807) is 74.2 Å². The molecule has 486 valence electrons. The summed E-state index contributed by atoms with van der Waals surface area (Å²) in [6, 6.07) is 10.9. The van der Waals surface area contributed by atoms with Crippen molar-refractivity contribution in [1.82, 2.24) is 44.0 Å². The molecule has 6 aliphatic rings. The quantitative estimate of drug-likeness (QED) is 0.0571. The summed E-state index contributed by atoms with van der Waals surface area (Å²) in [4.78, 5) is 78.3. The van der Waals surface area contributed by atoms with Crippen LogP contribution in [0.25, 0.3) is 33.8 Å². The molecule has 4 unspecified atom stereocenters. The third kappa shape index (κ3) is 11.9. The Hall–Kier alpha value is -9.99. The van der Waals surface area contributed by atoms with Gasteiger partial charge in [-0.15, -0.1) is 0 Å². The van der Waals surface area contributed by atoms with E-state index in [2.05, 4.69) is 51.6 Å². The lowest BCUT2D eigenvalue weighted by atomic mass is 9.88. The Balaban J connectivity index is 0.000000151. The van der Waals surface area contributed by atoms with Crippen LogP contribution in [-0.4, -0.2) is 181 Å². The second kappa shape index (κ2) is 26.8. The third-order valence-electron chi connectivity index (χ3n) is 18.0. The number of nitrogens with two attached hydrogens (primary N) is 3. The van der Waals surface area contributed by atoms with Gasteiger partial charge >= 0.3 is 0 Å². The highest BCUT2D eigenvalue weighted by Gasteiger charge is 2.44. The summed E-state index contributed by atoms with van der Waals surface area (Å²) >= 11 is 3.46. The fourth-order valence-electron chi connectivity index (χ4n) is 13.1. The highest BCUT2D eigenvalue weighted by molar-refractivity contribution is 9.10. The van der Waals surface area contributed by atoms with E-state index in [9.17, 15) is 28.8 Å². The van der Waals surface area contributed by atoms with Gasteiger partial charge in [0.1, 0.15) is 90.2 Å². The maximum atomic E-state index is 12.4. The summed E-state index contributed by atoms with van der Waals surface area (Å²) in [5.74, 6) is 4.15. The number of fused-ring (bicyclic) bond motifs is 5. The van der Waals surface area contributed by atoms with Crippen LogP contribution in [0, 0.1) is 31.6 Å². The number of aromatic nitrogens is 6. The van der Waals surface area contributed by atoms with Crippen molar-refractivity contribution >= 4 is 68.8 Å². The third-order valence-corrected chi connectivity index (χ3v) is 18.7. The Morgan fingerprint density at radius 1 is 0.467 bits per heavy atom. The van der Waals surface area contributed by atoms with Gasteiger partial charge in [-0.1, -0.05) is 19.7 Å². The second-order valence-corrected chi connectivity index (χ2v) is 23.8. The molecule has 28 heteroatoms. The molecule has 0 radical (unpaired) electrons. The van der Waals surface area contributed by atoms with Gasteiger partial charge in [-0.25, -0.2) is 14.0 Å². The molecule has 3 fully saturated rings. The molecule has 9 N–H and O–H groups in total. The number of methoxy groups -OCH3 is 6. The van der Waals surface area contributed by atoms with Crippen LogP contribution in [0.2, 0.25) is 0 Å². The molecule has 0 bridgehead atoms. The van der Waals surface area contributed by atoms with Crippen molar-refractivity contribution < 1.29 is 57.2 Å². The molecule has 0 spiro atoms. The van der Waals surface area contributed by atoms with E-state index in [0.717, 1.165) is 24.0 Å². The summed E-state index contributed by atoms with van der Waals surface area (Å²) in [7, 11) is 9.44. The molecule has 27 nitrogen and oxygen atoms in total. The fourth-order valence-corrected chi connectivity index (χ4v) is 13.6. The molecule has 3 saturated heterocycles.